The van der Waals surface area contributed by atoms with Crippen molar-refractivity contribution in [3.63, 3.8) is 0 Å². The van der Waals surface area contributed by atoms with E-state index in [9.17, 15) is 14.4 Å². The zero-order valence-electron chi connectivity index (χ0n) is 14.2. The van der Waals surface area contributed by atoms with Crippen molar-refractivity contribution in [2.24, 2.45) is 5.92 Å². The van der Waals surface area contributed by atoms with E-state index in [1.54, 1.807) is 7.05 Å². The lowest BCUT2D eigenvalue weighted by atomic mass is 9.84. The molecule has 1 aromatic rings. The number of imide groups is 1. The Balaban J connectivity index is 0.000000254. The molecular formula is C16H23BrN4O3. The maximum absolute atomic E-state index is 11.9. The van der Waals surface area contributed by atoms with Gasteiger partial charge >= 0.3 is 6.03 Å². The fourth-order valence-corrected chi connectivity index (χ4v) is 2.71. The van der Waals surface area contributed by atoms with Crippen molar-refractivity contribution in [2.45, 2.75) is 32.7 Å². The van der Waals surface area contributed by atoms with Gasteiger partial charge in [-0.15, -0.1) is 0 Å². The zero-order chi connectivity index (χ0) is 18.3. The summed E-state index contributed by atoms with van der Waals surface area (Å²) in [5.74, 6) is -0.107. The maximum atomic E-state index is 11.9. The minimum absolute atomic E-state index is 0.0855. The number of nitrogens with zero attached hydrogens (tertiary/aromatic N) is 1. The summed E-state index contributed by atoms with van der Waals surface area (Å²) in [6, 6.07) is 7.00. The first-order valence-electron chi connectivity index (χ1n) is 7.62. The number of hydrogen-bond donors (Lipinski definition) is 3. The molecule has 3 N–H and O–H groups in total. The molecule has 0 aliphatic carbocycles. The first-order valence-corrected chi connectivity index (χ1v) is 8.41. The number of hydrogen-bond acceptors (Lipinski definition) is 4. The molecule has 4 amide bonds. The van der Waals surface area contributed by atoms with Crippen LogP contribution in [0.2, 0.25) is 0 Å². The van der Waals surface area contributed by atoms with Gasteiger partial charge in [-0.1, -0.05) is 36.7 Å². The van der Waals surface area contributed by atoms with Gasteiger partial charge in [0.25, 0.3) is 5.91 Å². The van der Waals surface area contributed by atoms with Crippen molar-refractivity contribution in [2.75, 3.05) is 12.4 Å². The molecule has 0 aromatic heterocycles. The highest BCUT2D eigenvalue weighted by atomic mass is 79.9. The number of rotatable bonds is 5. The molecular weight excluding hydrogens is 376 g/mol. The Kier molecular flexibility index (Phi) is 7.37. The van der Waals surface area contributed by atoms with Gasteiger partial charge < -0.3 is 10.6 Å². The Morgan fingerprint density at radius 2 is 1.88 bits per heavy atom. The largest absolute Gasteiger partial charge is 0.339 e. The monoisotopic (exact) mass is 398 g/mol. The van der Waals surface area contributed by atoms with Gasteiger partial charge in [0.1, 0.15) is 5.54 Å². The van der Waals surface area contributed by atoms with Crippen LogP contribution in [0.1, 0.15) is 27.2 Å². The summed E-state index contributed by atoms with van der Waals surface area (Å²) in [5.41, 5.74) is 2.65. The average Bonchev–Trinajstić information content (AvgIpc) is 2.81. The molecule has 0 saturated carbocycles. The van der Waals surface area contributed by atoms with Crippen LogP contribution >= 0.6 is 15.9 Å². The Bertz CT molecular complexity index is 591. The molecule has 1 atom stereocenters. The quantitative estimate of drug-likeness (QED) is 0.524. The van der Waals surface area contributed by atoms with Gasteiger partial charge in [0.2, 0.25) is 6.41 Å². The first-order chi connectivity index (χ1) is 11.3. The number of hydrazine groups is 1. The molecule has 1 aliphatic heterocycles. The lowest BCUT2D eigenvalue weighted by Gasteiger charge is -2.29. The van der Waals surface area contributed by atoms with Gasteiger partial charge in [0.05, 0.1) is 0 Å². The third kappa shape index (κ3) is 4.33. The number of benzene rings is 1. The molecule has 2 rings (SSSR count). The van der Waals surface area contributed by atoms with Gasteiger partial charge in [-0.25, -0.2) is 10.2 Å². The van der Waals surface area contributed by atoms with Crippen LogP contribution in [0.25, 0.3) is 0 Å². The van der Waals surface area contributed by atoms with Gasteiger partial charge in [-0.3, -0.25) is 9.59 Å². The van der Waals surface area contributed by atoms with Gasteiger partial charge in [0.15, 0.2) is 0 Å². The molecule has 1 saturated heterocycles. The van der Waals surface area contributed by atoms with E-state index in [0.717, 1.165) is 15.2 Å². The number of carbonyl (C=O) groups is 3. The van der Waals surface area contributed by atoms with Crippen LogP contribution < -0.4 is 16.1 Å². The Morgan fingerprint density at radius 1 is 1.29 bits per heavy atom. The number of nitrogens with one attached hydrogen (secondary N) is 3. The number of anilines is 1. The Morgan fingerprint density at radius 3 is 2.21 bits per heavy atom. The van der Waals surface area contributed by atoms with Crippen LogP contribution in [0, 0.1) is 5.92 Å². The Hall–Kier alpha value is -1.93. The van der Waals surface area contributed by atoms with Crippen LogP contribution in [0.4, 0.5) is 10.5 Å². The molecule has 1 fully saturated rings. The van der Waals surface area contributed by atoms with Crippen LogP contribution in [0.15, 0.2) is 28.7 Å². The lowest BCUT2D eigenvalue weighted by molar-refractivity contribution is -0.134. The second-order valence-corrected chi connectivity index (χ2v) is 6.46. The first kappa shape index (κ1) is 20.1. The molecule has 1 unspecified atom stereocenters. The molecule has 132 valence electrons. The summed E-state index contributed by atoms with van der Waals surface area (Å²) in [5, 5.41) is 6.31. The van der Waals surface area contributed by atoms with Gasteiger partial charge in [-0.05, 0) is 36.6 Å². The van der Waals surface area contributed by atoms with E-state index in [2.05, 4.69) is 32.0 Å². The molecule has 0 spiro atoms. The summed E-state index contributed by atoms with van der Waals surface area (Å²) in [6.07, 6.45) is 1.26. The summed E-state index contributed by atoms with van der Waals surface area (Å²) >= 11 is 3.28. The van der Waals surface area contributed by atoms with E-state index < -0.39 is 5.54 Å². The second-order valence-electron chi connectivity index (χ2n) is 5.54. The van der Waals surface area contributed by atoms with Crippen LogP contribution in [-0.2, 0) is 9.59 Å². The number of urea groups is 1. The smallest absolute Gasteiger partial charge is 0.329 e. The number of amides is 4. The van der Waals surface area contributed by atoms with E-state index in [1.807, 2.05) is 45.0 Å². The van der Waals surface area contributed by atoms with E-state index in [1.165, 1.54) is 0 Å². The molecule has 1 heterocycles. The SMILES string of the molecule is CCC1(C(C)C)NC(=O)N(NC)C1=O.O=CNc1ccc(Br)cc1. The molecule has 24 heavy (non-hydrogen) atoms. The lowest BCUT2D eigenvalue weighted by Crippen LogP contribution is -2.51. The molecule has 0 radical (unpaired) electrons. The minimum atomic E-state index is -0.736. The highest BCUT2D eigenvalue weighted by molar-refractivity contribution is 9.10. The third-order valence-electron chi connectivity index (χ3n) is 3.95. The van der Waals surface area contributed by atoms with Gasteiger partial charge in [0, 0.05) is 17.2 Å². The summed E-state index contributed by atoms with van der Waals surface area (Å²) < 4.78 is 1.00. The summed E-state index contributed by atoms with van der Waals surface area (Å²) in [6.45, 7) is 5.76. The van der Waals surface area contributed by atoms with E-state index in [0.29, 0.717) is 12.8 Å². The topological polar surface area (TPSA) is 90.5 Å². The van der Waals surface area contributed by atoms with Gasteiger partial charge in [-0.2, -0.15) is 5.01 Å². The van der Waals surface area contributed by atoms with Crippen LogP contribution in [0.3, 0.4) is 0 Å². The van der Waals surface area contributed by atoms with Crippen molar-refractivity contribution in [1.82, 2.24) is 15.8 Å². The van der Waals surface area contributed by atoms with Crippen LogP contribution in [0.5, 0.6) is 0 Å². The minimum Gasteiger partial charge on any atom is -0.329 e. The molecule has 0 bridgehead atoms. The van der Waals surface area contributed by atoms with Crippen LogP contribution in [-0.4, -0.2) is 35.9 Å². The fraction of sp³-hybridized carbons (Fsp3) is 0.438. The van der Waals surface area contributed by atoms with Crippen molar-refractivity contribution >= 4 is 40.0 Å². The fourth-order valence-electron chi connectivity index (χ4n) is 2.45. The van der Waals surface area contributed by atoms with Crippen molar-refractivity contribution < 1.29 is 14.4 Å². The predicted molar refractivity (Wildman–Crippen MR) is 96.1 cm³/mol. The van der Waals surface area contributed by atoms with E-state index in [-0.39, 0.29) is 17.9 Å². The number of halogens is 1. The molecule has 1 aromatic carbocycles. The predicted octanol–water partition coefficient (Wildman–Crippen LogP) is 2.49. The second kappa shape index (κ2) is 8.79. The average molecular weight is 399 g/mol. The summed E-state index contributed by atoms with van der Waals surface area (Å²) in [7, 11) is 1.56. The molecule has 8 heteroatoms. The van der Waals surface area contributed by atoms with E-state index in [4.69, 9.17) is 0 Å². The van der Waals surface area contributed by atoms with Crippen molar-refractivity contribution in [1.29, 1.82) is 0 Å². The third-order valence-corrected chi connectivity index (χ3v) is 4.48. The number of carbonyl (C=O) groups excluding carboxylic acids is 3. The zero-order valence-corrected chi connectivity index (χ0v) is 15.8. The highest BCUT2D eigenvalue weighted by Gasteiger charge is 2.51. The standard InChI is InChI=1S/C9H17N3O2.C7H6BrNO/c1-5-9(6(2)3)7(13)12(10-4)8(14)11-9;8-6-1-3-7(4-2-6)9-5-10/h6,10H,5H2,1-4H3,(H,11,14);1-5H,(H,9,10). The highest BCUT2D eigenvalue weighted by Crippen LogP contribution is 2.27. The summed E-state index contributed by atoms with van der Waals surface area (Å²) in [4.78, 5) is 33.3. The maximum Gasteiger partial charge on any atom is 0.339 e. The normalized spacial score (nSPS) is 19.7. The van der Waals surface area contributed by atoms with Crippen molar-refractivity contribution in [3.8, 4) is 0 Å². The molecule has 1 aliphatic rings. The Labute approximate surface area is 150 Å². The van der Waals surface area contributed by atoms with Crippen molar-refractivity contribution in [3.05, 3.63) is 28.7 Å². The van der Waals surface area contributed by atoms with E-state index >= 15 is 0 Å². The molecule has 7 nitrogen and oxygen atoms in total.